The highest BCUT2D eigenvalue weighted by molar-refractivity contribution is 5.65. The number of nitriles is 2. The van der Waals surface area contributed by atoms with E-state index in [1.165, 1.54) is 6.20 Å². The second-order valence-electron chi connectivity index (χ2n) is 4.91. The van der Waals surface area contributed by atoms with Gasteiger partial charge in [-0.25, -0.2) is 9.97 Å². The van der Waals surface area contributed by atoms with E-state index in [1.807, 2.05) is 54.0 Å². The van der Waals surface area contributed by atoms with Gasteiger partial charge in [0, 0.05) is 35.5 Å². The number of imidazole rings is 1. The standard InChI is InChI=1S/C17H12N6/c1-12-6-7-23-11-16(22-17(23)21-12)14-2-4-15(5-3-14)20-10-13(8-18)9-19/h2-7,10-11,20H,1H3. The van der Waals surface area contributed by atoms with Gasteiger partial charge < -0.3 is 5.32 Å². The van der Waals surface area contributed by atoms with E-state index in [9.17, 15) is 0 Å². The van der Waals surface area contributed by atoms with Gasteiger partial charge in [-0.2, -0.15) is 10.5 Å². The van der Waals surface area contributed by atoms with E-state index in [2.05, 4.69) is 15.3 Å². The lowest BCUT2D eigenvalue weighted by atomic mass is 10.1. The minimum absolute atomic E-state index is 0.0240. The van der Waals surface area contributed by atoms with Crippen LogP contribution in [-0.2, 0) is 0 Å². The molecule has 6 heteroatoms. The highest BCUT2D eigenvalue weighted by Crippen LogP contribution is 2.21. The third kappa shape index (κ3) is 3.02. The molecule has 110 valence electrons. The number of fused-ring (bicyclic) bond motifs is 1. The Morgan fingerprint density at radius 3 is 2.57 bits per heavy atom. The van der Waals surface area contributed by atoms with Crippen molar-refractivity contribution in [2.24, 2.45) is 0 Å². The molecular formula is C17H12N6. The molecule has 2 aromatic heterocycles. The van der Waals surface area contributed by atoms with Gasteiger partial charge in [0.2, 0.25) is 5.78 Å². The van der Waals surface area contributed by atoms with Crippen molar-refractivity contribution in [3.05, 3.63) is 60.2 Å². The second kappa shape index (κ2) is 6.00. The topological polar surface area (TPSA) is 89.8 Å². The Bertz CT molecular complexity index is 951. The summed E-state index contributed by atoms with van der Waals surface area (Å²) >= 11 is 0. The molecule has 3 rings (SSSR count). The molecule has 0 saturated heterocycles. The number of hydrogen-bond donors (Lipinski definition) is 1. The fourth-order valence-electron chi connectivity index (χ4n) is 2.08. The average molecular weight is 300 g/mol. The van der Waals surface area contributed by atoms with Crippen LogP contribution >= 0.6 is 0 Å². The molecule has 6 nitrogen and oxygen atoms in total. The Morgan fingerprint density at radius 2 is 1.87 bits per heavy atom. The van der Waals surface area contributed by atoms with Gasteiger partial charge in [-0.3, -0.25) is 4.40 Å². The molecule has 0 aliphatic rings. The molecule has 3 aromatic rings. The van der Waals surface area contributed by atoms with Crippen LogP contribution in [0.25, 0.3) is 17.0 Å². The van der Waals surface area contributed by atoms with Crippen molar-refractivity contribution in [1.29, 1.82) is 10.5 Å². The Balaban J connectivity index is 1.85. The number of nitrogens with one attached hydrogen (secondary N) is 1. The van der Waals surface area contributed by atoms with Crippen LogP contribution in [0.3, 0.4) is 0 Å². The Morgan fingerprint density at radius 1 is 1.13 bits per heavy atom. The van der Waals surface area contributed by atoms with Gasteiger partial charge in [0.15, 0.2) is 0 Å². The normalized spacial score (nSPS) is 9.87. The molecule has 0 bridgehead atoms. The van der Waals surface area contributed by atoms with E-state index in [0.717, 1.165) is 22.6 Å². The van der Waals surface area contributed by atoms with Crippen LogP contribution in [0.5, 0.6) is 0 Å². The number of hydrogen-bond acceptors (Lipinski definition) is 5. The molecule has 0 spiro atoms. The van der Waals surface area contributed by atoms with Crippen molar-refractivity contribution in [2.75, 3.05) is 5.32 Å². The number of rotatable bonds is 3. The summed E-state index contributed by atoms with van der Waals surface area (Å²) in [6.07, 6.45) is 5.24. The van der Waals surface area contributed by atoms with Crippen molar-refractivity contribution >= 4 is 11.5 Å². The van der Waals surface area contributed by atoms with Gasteiger partial charge in [0.05, 0.1) is 5.69 Å². The molecule has 0 fully saturated rings. The summed E-state index contributed by atoms with van der Waals surface area (Å²) in [5.41, 5.74) is 3.53. The molecule has 23 heavy (non-hydrogen) atoms. The maximum Gasteiger partial charge on any atom is 0.234 e. The minimum atomic E-state index is 0.0240. The monoisotopic (exact) mass is 300 g/mol. The molecular weight excluding hydrogens is 288 g/mol. The lowest BCUT2D eigenvalue weighted by molar-refractivity contribution is 1.07. The van der Waals surface area contributed by atoms with Crippen molar-refractivity contribution in [2.45, 2.75) is 6.92 Å². The van der Waals surface area contributed by atoms with Crippen LogP contribution < -0.4 is 5.32 Å². The number of nitrogens with zero attached hydrogens (tertiary/aromatic N) is 5. The van der Waals surface area contributed by atoms with Crippen molar-refractivity contribution in [3.63, 3.8) is 0 Å². The van der Waals surface area contributed by atoms with Gasteiger partial charge in [-0.1, -0.05) is 12.1 Å². The molecule has 0 unspecified atom stereocenters. The van der Waals surface area contributed by atoms with Gasteiger partial charge >= 0.3 is 0 Å². The summed E-state index contributed by atoms with van der Waals surface area (Å²) < 4.78 is 1.88. The predicted molar refractivity (Wildman–Crippen MR) is 86.1 cm³/mol. The third-order valence-electron chi connectivity index (χ3n) is 3.27. The van der Waals surface area contributed by atoms with Crippen LogP contribution in [0.4, 0.5) is 5.69 Å². The van der Waals surface area contributed by atoms with E-state index in [0.29, 0.717) is 5.78 Å². The Kier molecular flexibility index (Phi) is 3.73. The van der Waals surface area contributed by atoms with E-state index in [4.69, 9.17) is 10.5 Å². The fraction of sp³-hybridized carbons (Fsp3) is 0.0588. The smallest absolute Gasteiger partial charge is 0.234 e. The molecule has 0 aliphatic carbocycles. The zero-order valence-electron chi connectivity index (χ0n) is 12.4. The summed E-state index contributed by atoms with van der Waals surface area (Å²) in [6, 6.07) is 13.1. The maximum atomic E-state index is 8.69. The molecule has 0 atom stereocenters. The highest BCUT2D eigenvalue weighted by Gasteiger charge is 2.05. The van der Waals surface area contributed by atoms with Crippen molar-refractivity contribution in [3.8, 4) is 23.4 Å². The van der Waals surface area contributed by atoms with Crippen LogP contribution in [0.15, 0.2) is 54.5 Å². The van der Waals surface area contributed by atoms with E-state index in [1.54, 1.807) is 12.1 Å². The Hall–Kier alpha value is -3.64. The van der Waals surface area contributed by atoms with Crippen LogP contribution in [0.2, 0.25) is 0 Å². The first-order valence-electron chi connectivity index (χ1n) is 6.89. The van der Waals surface area contributed by atoms with E-state index in [-0.39, 0.29) is 5.57 Å². The quantitative estimate of drug-likeness (QED) is 0.751. The molecule has 0 amide bonds. The van der Waals surface area contributed by atoms with Crippen molar-refractivity contribution < 1.29 is 0 Å². The predicted octanol–water partition coefficient (Wildman–Crippen LogP) is 3.05. The number of aryl methyl sites for hydroxylation is 1. The molecule has 1 aromatic carbocycles. The highest BCUT2D eigenvalue weighted by atomic mass is 15.1. The molecule has 2 heterocycles. The van der Waals surface area contributed by atoms with E-state index < -0.39 is 0 Å². The summed E-state index contributed by atoms with van der Waals surface area (Å²) in [7, 11) is 0. The summed E-state index contributed by atoms with van der Waals surface area (Å²) in [6.45, 7) is 1.93. The molecule has 0 saturated carbocycles. The first-order valence-corrected chi connectivity index (χ1v) is 6.89. The molecule has 0 radical (unpaired) electrons. The van der Waals surface area contributed by atoms with Gasteiger partial charge in [0.25, 0.3) is 0 Å². The summed E-state index contributed by atoms with van der Waals surface area (Å²) in [4.78, 5) is 8.89. The molecule has 0 aliphatic heterocycles. The first kappa shape index (κ1) is 14.3. The second-order valence-corrected chi connectivity index (χ2v) is 4.91. The third-order valence-corrected chi connectivity index (χ3v) is 3.27. The van der Waals surface area contributed by atoms with Crippen LogP contribution in [-0.4, -0.2) is 14.4 Å². The minimum Gasteiger partial charge on any atom is -0.360 e. The summed E-state index contributed by atoms with van der Waals surface area (Å²) in [5.74, 6) is 0.665. The zero-order valence-corrected chi connectivity index (χ0v) is 12.4. The van der Waals surface area contributed by atoms with Gasteiger partial charge in [-0.15, -0.1) is 0 Å². The SMILES string of the molecule is Cc1ccn2cc(-c3ccc(NC=C(C#N)C#N)cc3)nc2n1. The zero-order chi connectivity index (χ0) is 16.2. The average Bonchev–Trinajstić information content (AvgIpc) is 2.99. The largest absolute Gasteiger partial charge is 0.360 e. The van der Waals surface area contributed by atoms with Crippen molar-refractivity contribution in [1.82, 2.24) is 14.4 Å². The van der Waals surface area contributed by atoms with Crippen LogP contribution in [0.1, 0.15) is 5.69 Å². The lowest BCUT2D eigenvalue weighted by Gasteiger charge is -2.01. The van der Waals surface area contributed by atoms with Gasteiger partial charge in [-0.05, 0) is 25.1 Å². The van der Waals surface area contributed by atoms with E-state index >= 15 is 0 Å². The first-order chi connectivity index (χ1) is 11.2. The number of benzene rings is 1. The lowest BCUT2D eigenvalue weighted by Crippen LogP contribution is -1.89. The van der Waals surface area contributed by atoms with Gasteiger partial charge in [0.1, 0.15) is 17.7 Å². The number of allylic oxidation sites excluding steroid dienone is 1. The molecule has 1 N–H and O–H groups in total. The summed E-state index contributed by atoms with van der Waals surface area (Å²) in [5, 5.41) is 20.3. The number of aromatic nitrogens is 3. The Labute approximate surface area is 133 Å². The number of anilines is 1. The fourth-order valence-corrected chi connectivity index (χ4v) is 2.08. The van der Waals surface area contributed by atoms with Crippen LogP contribution in [0, 0.1) is 29.6 Å². The maximum absolute atomic E-state index is 8.69.